The lowest BCUT2D eigenvalue weighted by atomic mass is 10.0. The molecule has 4 heteroatoms. The molecule has 0 saturated carbocycles. The zero-order chi connectivity index (χ0) is 15.0. The SMILES string of the molecule is CCCCCC(Cc1c(Cl)c(C)nn1CC)NCCC. The molecule has 1 aromatic rings. The quantitative estimate of drug-likeness (QED) is 0.651. The van der Waals surface area contributed by atoms with E-state index in [1.54, 1.807) is 0 Å². The van der Waals surface area contributed by atoms with Crippen molar-refractivity contribution >= 4 is 11.6 Å². The summed E-state index contributed by atoms with van der Waals surface area (Å²) in [5, 5.41) is 9.03. The van der Waals surface area contributed by atoms with Crippen LogP contribution in [0.4, 0.5) is 0 Å². The molecule has 1 unspecified atom stereocenters. The minimum Gasteiger partial charge on any atom is -0.314 e. The van der Waals surface area contributed by atoms with Gasteiger partial charge in [-0.15, -0.1) is 0 Å². The lowest BCUT2D eigenvalue weighted by Crippen LogP contribution is -2.32. The van der Waals surface area contributed by atoms with Gasteiger partial charge in [-0.25, -0.2) is 0 Å². The molecule has 0 bridgehead atoms. The molecule has 20 heavy (non-hydrogen) atoms. The van der Waals surface area contributed by atoms with E-state index in [-0.39, 0.29) is 0 Å². The van der Waals surface area contributed by atoms with Crippen LogP contribution in [0.15, 0.2) is 0 Å². The van der Waals surface area contributed by atoms with Crippen molar-refractivity contribution in [1.82, 2.24) is 15.1 Å². The van der Waals surface area contributed by atoms with E-state index < -0.39 is 0 Å². The van der Waals surface area contributed by atoms with Crippen LogP contribution >= 0.6 is 11.6 Å². The highest BCUT2D eigenvalue weighted by atomic mass is 35.5. The molecule has 0 fully saturated rings. The van der Waals surface area contributed by atoms with Gasteiger partial charge < -0.3 is 5.32 Å². The first kappa shape index (κ1) is 17.5. The minimum atomic E-state index is 0.514. The van der Waals surface area contributed by atoms with Crippen molar-refractivity contribution < 1.29 is 0 Å². The van der Waals surface area contributed by atoms with Gasteiger partial charge in [0, 0.05) is 19.0 Å². The van der Waals surface area contributed by atoms with Crippen LogP contribution in [-0.2, 0) is 13.0 Å². The summed E-state index contributed by atoms with van der Waals surface area (Å²) in [6.45, 7) is 10.5. The van der Waals surface area contributed by atoms with Gasteiger partial charge in [-0.1, -0.05) is 44.7 Å². The lowest BCUT2D eigenvalue weighted by Gasteiger charge is -2.19. The number of hydrogen-bond donors (Lipinski definition) is 1. The highest BCUT2D eigenvalue weighted by Gasteiger charge is 2.17. The Morgan fingerprint density at radius 3 is 2.55 bits per heavy atom. The molecule has 0 aromatic carbocycles. The number of hydrogen-bond acceptors (Lipinski definition) is 2. The highest BCUT2D eigenvalue weighted by Crippen LogP contribution is 2.22. The Balaban J connectivity index is 2.71. The average Bonchev–Trinajstić information content (AvgIpc) is 2.72. The summed E-state index contributed by atoms with van der Waals surface area (Å²) >= 11 is 6.42. The normalized spacial score (nSPS) is 12.8. The van der Waals surface area contributed by atoms with Crippen molar-refractivity contribution in [2.45, 2.75) is 78.8 Å². The molecule has 3 nitrogen and oxygen atoms in total. The largest absolute Gasteiger partial charge is 0.314 e. The van der Waals surface area contributed by atoms with Gasteiger partial charge >= 0.3 is 0 Å². The number of halogens is 1. The van der Waals surface area contributed by atoms with Crippen LogP contribution in [0.5, 0.6) is 0 Å². The summed E-state index contributed by atoms with van der Waals surface area (Å²) < 4.78 is 2.05. The van der Waals surface area contributed by atoms with E-state index in [1.807, 2.05) is 6.92 Å². The van der Waals surface area contributed by atoms with Crippen LogP contribution < -0.4 is 5.32 Å². The highest BCUT2D eigenvalue weighted by molar-refractivity contribution is 6.31. The van der Waals surface area contributed by atoms with E-state index in [1.165, 1.54) is 37.8 Å². The summed E-state index contributed by atoms with van der Waals surface area (Å²) in [7, 11) is 0. The summed E-state index contributed by atoms with van der Waals surface area (Å²) in [6.07, 6.45) is 7.24. The monoisotopic (exact) mass is 299 g/mol. The topological polar surface area (TPSA) is 29.9 Å². The molecule has 0 aliphatic carbocycles. The van der Waals surface area contributed by atoms with Crippen LogP contribution in [0.25, 0.3) is 0 Å². The first-order chi connectivity index (χ1) is 9.63. The van der Waals surface area contributed by atoms with Gasteiger partial charge in [0.05, 0.1) is 16.4 Å². The molecule has 1 rings (SSSR count). The van der Waals surface area contributed by atoms with Crippen LogP contribution in [0, 0.1) is 6.92 Å². The molecule has 0 spiro atoms. The van der Waals surface area contributed by atoms with Crippen molar-refractivity contribution in [3.05, 3.63) is 16.4 Å². The zero-order valence-corrected chi connectivity index (χ0v) is 14.3. The zero-order valence-electron chi connectivity index (χ0n) is 13.5. The Kier molecular flexibility index (Phi) is 8.24. The average molecular weight is 300 g/mol. The Morgan fingerprint density at radius 2 is 1.95 bits per heavy atom. The van der Waals surface area contributed by atoms with Gasteiger partial charge in [-0.3, -0.25) is 4.68 Å². The van der Waals surface area contributed by atoms with Crippen molar-refractivity contribution in [1.29, 1.82) is 0 Å². The molecule has 0 aliphatic heterocycles. The molecule has 1 atom stereocenters. The van der Waals surface area contributed by atoms with E-state index in [9.17, 15) is 0 Å². The number of rotatable bonds is 10. The molecule has 1 aromatic heterocycles. The maximum Gasteiger partial charge on any atom is 0.0847 e. The Bertz CT molecular complexity index is 387. The fourth-order valence-corrected chi connectivity index (χ4v) is 2.78. The lowest BCUT2D eigenvalue weighted by molar-refractivity contribution is 0.443. The number of aromatic nitrogens is 2. The maximum absolute atomic E-state index is 6.42. The molecule has 0 saturated heterocycles. The van der Waals surface area contributed by atoms with Gasteiger partial charge in [0.2, 0.25) is 0 Å². The third-order valence-electron chi connectivity index (χ3n) is 3.73. The maximum atomic E-state index is 6.42. The van der Waals surface area contributed by atoms with E-state index in [4.69, 9.17) is 11.6 Å². The van der Waals surface area contributed by atoms with E-state index >= 15 is 0 Å². The van der Waals surface area contributed by atoms with E-state index in [0.29, 0.717) is 6.04 Å². The van der Waals surface area contributed by atoms with Crippen molar-refractivity contribution in [2.75, 3.05) is 6.54 Å². The van der Waals surface area contributed by atoms with Gasteiger partial charge in [0.15, 0.2) is 0 Å². The van der Waals surface area contributed by atoms with Crippen molar-refractivity contribution in [2.24, 2.45) is 0 Å². The molecular weight excluding hydrogens is 270 g/mol. The van der Waals surface area contributed by atoms with Gasteiger partial charge in [-0.05, 0) is 33.2 Å². The van der Waals surface area contributed by atoms with Gasteiger partial charge in [-0.2, -0.15) is 5.10 Å². The molecular formula is C16H30ClN3. The second kappa shape index (κ2) is 9.41. The van der Waals surface area contributed by atoms with Crippen LogP contribution in [0.3, 0.4) is 0 Å². The molecule has 116 valence electrons. The van der Waals surface area contributed by atoms with Crippen molar-refractivity contribution in [3.8, 4) is 0 Å². The second-order valence-electron chi connectivity index (χ2n) is 5.51. The van der Waals surface area contributed by atoms with Crippen LogP contribution in [0.1, 0.15) is 64.3 Å². The van der Waals surface area contributed by atoms with Crippen LogP contribution in [-0.4, -0.2) is 22.4 Å². The van der Waals surface area contributed by atoms with Crippen molar-refractivity contribution in [3.63, 3.8) is 0 Å². The van der Waals surface area contributed by atoms with Crippen LogP contribution in [0.2, 0.25) is 5.02 Å². The number of unbranched alkanes of at least 4 members (excludes halogenated alkanes) is 2. The Labute approximate surface area is 129 Å². The molecule has 0 radical (unpaired) electrons. The third-order valence-corrected chi connectivity index (χ3v) is 4.22. The molecule has 1 heterocycles. The second-order valence-corrected chi connectivity index (χ2v) is 5.89. The minimum absolute atomic E-state index is 0.514. The first-order valence-electron chi connectivity index (χ1n) is 8.09. The summed E-state index contributed by atoms with van der Waals surface area (Å²) in [6, 6.07) is 0.514. The molecule has 0 aliphatic rings. The fraction of sp³-hybridized carbons (Fsp3) is 0.812. The number of aryl methyl sites for hydroxylation is 2. The third kappa shape index (κ3) is 5.10. The van der Waals surface area contributed by atoms with E-state index in [2.05, 4.69) is 35.9 Å². The Hall–Kier alpha value is -0.540. The first-order valence-corrected chi connectivity index (χ1v) is 8.46. The molecule has 1 N–H and O–H groups in total. The molecule has 0 amide bonds. The summed E-state index contributed by atoms with van der Waals surface area (Å²) in [5.41, 5.74) is 2.14. The fourth-order valence-electron chi connectivity index (χ4n) is 2.56. The summed E-state index contributed by atoms with van der Waals surface area (Å²) in [5.74, 6) is 0. The number of nitrogens with one attached hydrogen (secondary N) is 1. The van der Waals surface area contributed by atoms with Gasteiger partial charge in [0.1, 0.15) is 0 Å². The van der Waals surface area contributed by atoms with E-state index in [0.717, 1.165) is 30.2 Å². The predicted octanol–water partition coefficient (Wildman–Crippen LogP) is 4.36. The predicted molar refractivity (Wildman–Crippen MR) is 87.6 cm³/mol. The number of nitrogens with zero attached hydrogens (tertiary/aromatic N) is 2. The van der Waals surface area contributed by atoms with Gasteiger partial charge in [0.25, 0.3) is 0 Å². The smallest absolute Gasteiger partial charge is 0.0847 e. The Morgan fingerprint density at radius 1 is 1.20 bits per heavy atom. The summed E-state index contributed by atoms with van der Waals surface area (Å²) in [4.78, 5) is 0. The standard InChI is InChI=1S/C16H30ClN3/c1-5-8-9-10-14(18-11-6-2)12-15-16(17)13(4)19-20(15)7-3/h14,18H,5-12H2,1-4H3.